The highest BCUT2D eigenvalue weighted by Crippen LogP contribution is 2.61. The van der Waals surface area contributed by atoms with Crippen molar-refractivity contribution in [3.63, 3.8) is 0 Å². The van der Waals surface area contributed by atoms with Crippen molar-refractivity contribution in [3.05, 3.63) is 11.1 Å². The molecule has 1 fully saturated rings. The summed E-state index contributed by atoms with van der Waals surface area (Å²) in [5.74, 6) is -4.73. The third-order valence-corrected chi connectivity index (χ3v) is 8.68. The highest BCUT2D eigenvalue weighted by atomic mass is 35.5. The topological polar surface area (TPSA) is 208 Å². The number of esters is 1. The van der Waals surface area contributed by atoms with Gasteiger partial charge in [0.2, 0.25) is 11.8 Å². The van der Waals surface area contributed by atoms with Crippen LogP contribution in [0.3, 0.4) is 0 Å². The van der Waals surface area contributed by atoms with Crippen LogP contribution in [0.5, 0.6) is 0 Å². The van der Waals surface area contributed by atoms with Crippen LogP contribution >= 0.6 is 30.5 Å². The second-order valence-electron chi connectivity index (χ2n) is 6.60. The molecular formula is C16H22ClN4O11PS2. The van der Waals surface area contributed by atoms with Crippen molar-refractivity contribution in [1.82, 2.24) is 14.6 Å². The molecule has 0 spiro atoms. The zero-order chi connectivity index (χ0) is 26.6. The minimum atomic E-state index is -5.15. The van der Waals surface area contributed by atoms with Crippen LogP contribution in [0.4, 0.5) is 5.13 Å². The Morgan fingerprint density at radius 3 is 2.40 bits per heavy atom. The largest absolute Gasteiger partial charge is 0.467 e. The third-order valence-electron chi connectivity index (χ3n) is 4.39. The Kier molecular flexibility index (Phi) is 9.75. The number of nitrogens with one attached hydrogen (secondary N) is 2. The van der Waals surface area contributed by atoms with Crippen molar-refractivity contribution in [2.45, 2.75) is 31.6 Å². The number of halogens is 1. The van der Waals surface area contributed by atoms with E-state index in [-0.39, 0.29) is 34.2 Å². The van der Waals surface area contributed by atoms with E-state index in [4.69, 9.17) is 20.6 Å². The summed E-state index contributed by atoms with van der Waals surface area (Å²) in [5, 5.41) is 5.78. The van der Waals surface area contributed by atoms with Crippen LogP contribution in [0.2, 0.25) is 0 Å². The first-order valence-electron chi connectivity index (χ1n) is 9.73. The van der Waals surface area contributed by atoms with E-state index in [0.717, 1.165) is 18.4 Å². The summed E-state index contributed by atoms with van der Waals surface area (Å²) >= 11 is 6.31. The van der Waals surface area contributed by atoms with Gasteiger partial charge in [-0.2, -0.15) is 12.7 Å². The summed E-state index contributed by atoms with van der Waals surface area (Å²) in [6.45, 7) is 2.68. The zero-order valence-corrected chi connectivity index (χ0v) is 21.8. The molecule has 1 aliphatic heterocycles. The van der Waals surface area contributed by atoms with Crippen LogP contribution in [0.1, 0.15) is 25.2 Å². The lowest BCUT2D eigenvalue weighted by atomic mass is 9.98. The van der Waals surface area contributed by atoms with Crippen LogP contribution in [0.25, 0.3) is 0 Å². The molecule has 1 unspecified atom stereocenters. The van der Waals surface area contributed by atoms with Crippen LogP contribution in [0.15, 0.2) is 5.38 Å². The quantitative estimate of drug-likeness (QED) is 0.101. The fourth-order valence-electron chi connectivity index (χ4n) is 3.05. The Morgan fingerprint density at radius 2 is 1.91 bits per heavy atom. The van der Waals surface area contributed by atoms with E-state index < -0.39 is 59.3 Å². The normalized spacial score (nSPS) is 19.0. The standard InChI is InChI=1S/C16H22ClN4O11PS2/c1-4-31-33(26,32-5-2)12(8-7-34-16(18-8)19-9(22)6-17)13(23)20-10-11(15(25)30-3)21(14(10)24)35(27,28)29/h7,10-12H,4-6H2,1-3H3,(H,20,23)(H,18,19,22)(H,27,28,29)/t10-,11-,12?/m1/s1. The molecule has 2 heterocycles. The van der Waals surface area contributed by atoms with Crippen molar-refractivity contribution in [2.24, 2.45) is 0 Å². The lowest BCUT2D eigenvalue weighted by Crippen LogP contribution is -2.74. The third kappa shape index (κ3) is 6.35. The van der Waals surface area contributed by atoms with Crippen LogP contribution in [-0.4, -0.2) is 84.2 Å². The number of amides is 3. The molecule has 3 amide bonds. The van der Waals surface area contributed by atoms with E-state index in [1.807, 2.05) is 0 Å². The van der Waals surface area contributed by atoms with Crippen LogP contribution < -0.4 is 10.6 Å². The number of aromatic nitrogens is 1. The highest BCUT2D eigenvalue weighted by molar-refractivity contribution is 7.84. The number of carbonyl (C=O) groups is 4. The van der Waals surface area contributed by atoms with Gasteiger partial charge in [0, 0.05) is 5.38 Å². The van der Waals surface area contributed by atoms with Gasteiger partial charge in [0.25, 0.3) is 5.91 Å². The van der Waals surface area contributed by atoms with E-state index in [1.165, 1.54) is 19.2 Å². The first-order chi connectivity index (χ1) is 16.3. The first-order valence-corrected chi connectivity index (χ1v) is 14.2. The molecule has 1 aromatic heterocycles. The van der Waals surface area contributed by atoms with E-state index in [9.17, 15) is 36.7 Å². The van der Waals surface area contributed by atoms with Crippen molar-refractivity contribution < 1.29 is 50.5 Å². The SMILES string of the molecule is CCOP(=O)(OCC)C(C(=O)N[C@H]1C(=O)N(S(=O)(=O)O)[C@H]1C(=O)OC)c1csc(NC(=O)CCl)n1. The van der Waals surface area contributed by atoms with Gasteiger partial charge in [-0.1, -0.05) is 0 Å². The van der Waals surface area contributed by atoms with Crippen molar-refractivity contribution in [3.8, 4) is 0 Å². The van der Waals surface area contributed by atoms with Gasteiger partial charge in [-0.05, 0) is 13.8 Å². The van der Waals surface area contributed by atoms with E-state index in [1.54, 1.807) is 0 Å². The fraction of sp³-hybridized carbons (Fsp3) is 0.562. The van der Waals surface area contributed by atoms with E-state index in [0.29, 0.717) is 0 Å². The number of anilines is 1. The van der Waals surface area contributed by atoms with Gasteiger partial charge in [-0.3, -0.25) is 23.5 Å². The van der Waals surface area contributed by atoms with Gasteiger partial charge in [-0.15, -0.1) is 22.9 Å². The number of ether oxygens (including phenoxy) is 1. The number of thiazole rings is 1. The molecule has 0 aromatic carbocycles. The average molecular weight is 577 g/mol. The van der Waals surface area contributed by atoms with E-state index >= 15 is 0 Å². The lowest BCUT2D eigenvalue weighted by molar-refractivity contribution is -0.162. The molecule has 35 heavy (non-hydrogen) atoms. The van der Waals surface area contributed by atoms with Gasteiger partial charge in [-0.25, -0.2) is 9.78 Å². The summed E-state index contributed by atoms with van der Waals surface area (Å²) < 4.78 is 60.6. The number of hydrogen-bond donors (Lipinski definition) is 3. The number of alkyl halides is 1. The number of β-lactam (4-membered cyclic amide) rings is 1. The minimum Gasteiger partial charge on any atom is -0.467 e. The molecule has 1 aromatic rings. The molecular weight excluding hydrogens is 555 g/mol. The Hall–Kier alpha value is -2.14. The van der Waals surface area contributed by atoms with E-state index in [2.05, 4.69) is 20.4 Å². The molecule has 1 aliphatic rings. The minimum absolute atomic E-state index is 0.00713. The Balaban J connectivity index is 2.46. The molecule has 3 N–H and O–H groups in total. The van der Waals surface area contributed by atoms with Crippen molar-refractivity contribution in [1.29, 1.82) is 0 Å². The highest BCUT2D eigenvalue weighted by Gasteiger charge is 2.59. The Morgan fingerprint density at radius 1 is 1.31 bits per heavy atom. The molecule has 1 saturated heterocycles. The number of methoxy groups -OCH3 is 1. The summed E-state index contributed by atoms with van der Waals surface area (Å²) in [7, 11) is -8.56. The van der Waals surface area contributed by atoms with Gasteiger partial charge in [0.05, 0.1) is 26.0 Å². The molecule has 15 nitrogen and oxygen atoms in total. The fourth-order valence-corrected chi connectivity index (χ4v) is 6.72. The molecule has 3 atom stereocenters. The maximum Gasteiger partial charge on any atom is 0.363 e. The number of nitrogens with zero attached hydrogens (tertiary/aromatic N) is 2. The zero-order valence-electron chi connectivity index (χ0n) is 18.5. The lowest BCUT2D eigenvalue weighted by Gasteiger charge is -2.42. The maximum atomic E-state index is 13.5. The second kappa shape index (κ2) is 11.7. The van der Waals surface area contributed by atoms with Gasteiger partial charge in [0.15, 0.2) is 16.8 Å². The van der Waals surface area contributed by atoms with Crippen LogP contribution in [0, 0.1) is 0 Å². The number of hydrogen-bond acceptors (Lipinski definition) is 12. The Bertz CT molecular complexity index is 1130. The second-order valence-corrected chi connectivity index (χ2v) is 11.1. The summed E-state index contributed by atoms with van der Waals surface area (Å²) in [4.78, 5) is 53.3. The smallest absolute Gasteiger partial charge is 0.363 e. The number of rotatable bonds is 12. The molecule has 19 heteroatoms. The predicted molar refractivity (Wildman–Crippen MR) is 121 cm³/mol. The molecule has 0 aliphatic carbocycles. The van der Waals surface area contributed by atoms with Gasteiger partial charge < -0.3 is 24.4 Å². The summed E-state index contributed by atoms with van der Waals surface area (Å²) in [5.41, 5.74) is -1.96. The first kappa shape index (κ1) is 29.1. The molecule has 0 saturated carbocycles. The van der Waals surface area contributed by atoms with Gasteiger partial charge >= 0.3 is 23.9 Å². The molecule has 0 radical (unpaired) electrons. The van der Waals surface area contributed by atoms with Gasteiger partial charge in [0.1, 0.15) is 11.9 Å². The summed E-state index contributed by atoms with van der Waals surface area (Å²) in [6.07, 6.45) is 0. The molecule has 0 bridgehead atoms. The van der Waals surface area contributed by atoms with Crippen molar-refractivity contribution in [2.75, 3.05) is 31.5 Å². The summed E-state index contributed by atoms with van der Waals surface area (Å²) in [6, 6.07) is -3.70. The molecule has 2 rings (SSSR count). The monoisotopic (exact) mass is 576 g/mol. The van der Waals surface area contributed by atoms with Crippen LogP contribution in [-0.2, 0) is 47.8 Å². The maximum absolute atomic E-state index is 13.5. The predicted octanol–water partition coefficient (Wildman–Crippen LogP) is 0.299. The Labute approximate surface area is 208 Å². The number of carbonyl (C=O) groups excluding carboxylic acids is 4. The van der Waals surface area contributed by atoms with Crippen molar-refractivity contribution >= 4 is 69.7 Å². The average Bonchev–Trinajstić information content (AvgIpc) is 3.21. The molecule has 196 valence electrons.